The van der Waals surface area contributed by atoms with E-state index >= 15 is 0 Å². The van der Waals surface area contributed by atoms with Crippen molar-refractivity contribution in [2.75, 3.05) is 11.4 Å². The maximum atomic E-state index is 12.4. The van der Waals surface area contributed by atoms with E-state index in [2.05, 4.69) is 5.10 Å². The number of hydrogen-bond acceptors (Lipinski definition) is 3. The van der Waals surface area contributed by atoms with Gasteiger partial charge in [-0.25, -0.2) is 0 Å². The Kier molecular flexibility index (Phi) is 3.41. The zero-order valence-corrected chi connectivity index (χ0v) is 11.2. The summed E-state index contributed by atoms with van der Waals surface area (Å²) < 4.78 is 1.74. The van der Waals surface area contributed by atoms with Gasteiger partial charge < -0.3 is 10.0 Å². The van der Waals surface area contributed by atoms with Crippen LogP contribution in [0.1, 0.15) is 18.4 Å². The lowest BCUT2D eigenvalue weighted by Gasteiger charge is -2.30. The maximum Gasteiger partial charge on any atom is 0.228 e. The molecule has 2 heterocycles. The van der Waals surface area contributed by atoms with Crippen LogP contribution in [-0.2, 0) is 17.8 Å². The summed E-state index contributed by atoms with van der Waals surface area (Å²) in [6, 6.07) is 7.28. The highest BCUT2D eigenvalue weighted by molar-refractivity contribution is 5.96. The molecule has 0 saturated carbocycles. The Labute approximate surface area is 117 Å². The van der Waals surface area contributed by atoms with E-state index in [-0.39, 0.29) is 11.7 Å². The molecule has 1 aliphatic rings. The molecule has 1 aliphatic heterocycles. The van der Waals surface area contributed by atoms with Crippen molar-refractivity contribution in [3.05, 3.63) is 42.2 Å². The summed E-state index contributed by atoms with van der Waals surface area (Å²) in [4.78, 5) is 14.1. The van der Waals surface area contributed by atoms with Gasteiger partial charge in [-0.05, 0) is 30.5 Å². The fraction of sp³-hybridized carbons (Fsp3) is 0.333. The number of hydrogen-bond donors (Lipinski definition) is 1. The van der Waals surface area contributed by atoms with Gasteiger partial charge in [0.15, 0.2) is 0 Å². The third-order valence-electron chi connectivity index (χ3n) is 3.61. The monoisotopic (exact) mass is 271 g/mol. The molecule has 0 spiro atoms. The number of benzene rings is 1. The van der Waals surface area contributed by atoms with Crippen molar-refractivity contribution in [1.29, 1.82) is 0 Å². The summed E-state index contributed by atoms with van der Waals surface area (Å²) >= 11 is 0. The van der Waals surface area contributed by atoms with Gasteiger partial charge in [0.1, 0.15) is 5.75 Å². The van der Waals surface area contributed by atoms with E-state index in [1.807, 2.05) is 24.4 Å². The van der Waals surface area contributed by atoms with Gasteiger partial charge in [-0.2, -0.15) is 5.10 Å². The number of carbonyl (C=O) groups is 1. The smallest absolute Gasteiger partial charge is 0.228 e. The zero-order chi connectivity index (χ0) is 13.9. The molecule has 104 valence electrons. The van der Waals surface area contributed by atoms with Crippen molar-refractivity contribution in [2.24, 2.45) is 0 Å². The molecular weight excluding hydrogens is 254 g/mol. The molecule has 5 nitrogen and oxygen atoms in total. The number of anilines is 1. The van der Waals surface area contributed by atoms with Crippen molar-refractivity contribution in [2.45, 2.75) is 25.8 Å². The van der Waals surface area contributed by atoms with E-state index in [1.54, 1.807) is 21.8 Å². The number of nitrogens with zero attached hydrogens (tertiary/aromatic N) is 3. The van der Waals surface area contributed by atoms with Crippen LogP contribution >= 0.6 is 0 Å². The lowest BCUT2D eigenvalue weighted by Crippen LogP contribution is -2.36. The third-order valence-corrected chi connectivity index (χ3v) is 3.61. The Hall–Kier alpha value is -2.30. The van der Waals surface area contributed by atoms with Crippen LogP contribution in [0.5, 0.6) is 5.75 Å². The molecule has 0 radical (unpaired) electrons. The van der Waals surface area contributed by atoms with Gasteiger partial charge in [-0.3, -0.25) is 9.48 Å². The van der Waals surface area contributed by atoms with Gasteiger partial charge >= 0.3 is 0 Å². The van der Waals surface area contributed by atoms with Crippen LogP contribution in [0.2, 0.25) is 0 Å². The second kappa shape index (κ2) is 5.36. The minimum absolute atomic E-state index is 0.0305. The van der Waals surface area contributed by atoms with Crippen LogP contribution in [0, 0.1) is 0 Å². The first kappa shape index (κ1) is 12.7. The van der Waals surface area contributed by atoms with Crippen molar-refractivity contribution < 1.29 is 9.90 Å². The normalized spacial score (nSPS) is 14.1. The Morgan fingerprint density at radius 1 is 1.35 bits per heavy atom. The summed E-state index contributed by atoms with van der Waals surface area (Å²) in [5, 5.41) is 14.1. The Morgan fingerprint density at radius 3 is 3.05 bits per heavy atom. The number of phenols is 1. The van der Waals surface area contributed by atoms with Gasteiger partial charge in [-0.1, -0.05) is 12.1 Å². The number of fused-ring (bicyclic) bond motifs is 1. The van der Waals surface area contributed by atoms with Crippen LogP contribution in [0.3, 0.4) is 0 Å². The number of amides is 1. The molecular formula is C15H17N3O2. The quantitative estimate of drug-likeness (QED) is 0.928. The van der Waals surface area contributed by atoms with Crippen LogP contribution < -0.4 is 4.90 Å². The van der Waals surface area contributed by atoms with E-state index in [1.165, 1.54) is 0 Å². The zero-order valence-electron chi connectivity index (χ0n) is 11.2. The molecule has 0 saturated heterocycles. The summed E-state index contributed by atoms with van der Waals surface area (Å²) in [5.41, 5.74) is 1.73. The Balaban J connectivity index is 1.76. The van der Waals surface area contributed by atoms with Crippen molar-refractivity contribution in [3.63, 3.8) is 0 Å². The Morgan fingerprint density at radius 2 is 2.25 bits per heavy atom. The minimum Gasteiger partial charge on any atom is -0.506 e. The molecule has 1 N–H and O–H groups in total. The van der Waals surface area contributed by atoms with Gasteiger partial charge in [-0.15, -0.1) is 0 Å². The number of para-hydroxylation sites is 1. The molecule has 0 bridgehead atoms. The lowest BCUT2D eigenvalue weighted by atomic mass is 10.0. The van der Waals surface area contributed by atoms with Gasteiger partial charge in [0.2, 0.25) is 5.91 Å². The molecule has 1 aromatic heterocycles. The van der Waals surface area contributed by atoms with E-state index in [9.17, 15) is 9.90 Å². The van der Waals surface area contributed by atoms with Gasteiger partial charge in [0.25, 0.3) is 0 Å². The molecule has 0 unspecified atom stereocenters. The predicted octanol–water partition coefficient (Wildman–Crippen LogP) is 1.96. The first-order valence-corrected chi connectivity index (χ1v) is 6.84. The molecule has 5 heteroatoms. The van der Waals surface area contributed by atoms with Crippen molar-refractivity contribution in [3.8, 4) is 5.75 Å². The van der Waals surface area contributed by atoms with Crippen LogP contribution in [0.25, 0.3) is 0 Å². The highest BCUT2D eigenvalue weighted by Crippen LogP contribution is 2.35. The second-order valence-corrected chi connectivity index (χ2v) is 4.95. The van der Waals surface area contributed by atoms with E-state index in [4.69, 9.17) is 0 Å². The molecule has 0 aliphatic carbocycles. The van der Waals surface area contributed by atoms with Gasteiger partial charge in [0.05, 0.1) is 5.69 Å². The number of phenolic OH excluding ortho intramolecular Hbond substituents is 1. The number of rotatable bonds is 3. The Bertz CT molecular complexity index is 608. The molecule has 0 atom stereocenters. The van der Waals surface area contributed by atoms with E-state index < -0.39 is 0 Å². The largest absolute Gasteiger partial charge is 0.506 e. The molecule has 0 fully saturated rings. The summed E-state index contributed by atoms with van der Waals surface area (Å²) in [6.45, 7) is 1.23. The average molecular weight is 271 g/mol. The topological polar surface area (TPSA) is 58.4 Å². The summed E-state index contributed by atoms with van der Waals surface area (Å²) in [6.07, 6.45) is 5.77. The highest BCUT2D eigenvalue weighted by atomic mass is 16.3. The number of aromatic nitrogens is 2. The van der Waals surface area contributed by atoms with Gasteiger partial charge in [0, 0.05) is 31.9 Å². The number of carbonyl (C=O) groups excluding carboxylic acids is 1. The van der Waals surface area contributed by atoms with Crippen molar-refractivity contribution in [1.82, 2.24) is 9.78 Å². The number of aromatic hydroxyl groups is 1. The first-order chi connectivity index (χ1) is 9.75. The number of aryl methyl sites for hydroxylation is 2. The minimum atomic E-state index is 0.0305. The fourth-order valence-electron chi connectivity index (χ4n) is 2.66. The standard InChI is InChI=1S/C15H17N3O2/c19-13-6-1-4-12-5-2-10-18(15(12)13)14(20)7-11-17-9-3-8-16-17/h1,3-4,6,8-9,19H,2,5,7,10-11H2. The first-order valence-electron chi connectivity index (χ1n) is 6.84. The van der Waals surface area contributed by atoms with Crippen LogP contribution in [0.15, 0.2) is 36.7 Å². The lowest BCUT2D eigenvalue weighted by molar-refractivity contribution is -0.119. The van der Waals surface area contributed by atoms with Crippen LogP contribution in [-0.4, -0.2) is 27.3 Å². The second-order valence-electron chi connectivity index (χ2n) is 4.95. The van der Waals surface area contributed by atoms with E-state index in [0.29, 0.717) is 25.2 Å². The summed E-state index contributed by atoms with van der Waals surface area (Å²) in [5.74, 6) is 0.220. The van der Waals surface area contributed by atoms with Crippen molar-refractivity contribution >= 4 is 11.6 Å². The molecule has 1 amide bonds. The summed E-state index contributed by atoms with van der Waals surface area (Å²) in [7, 11) is 0. The molecule has 2 aromatic rings. The van der Waals surface area contributed by atoms with E-state index in [0.717, 1.165) is 18.4 Å². The molecule has 3 rings (SSSR count). The fourth-order valence-corrected chi connectivity index (χ4v) is 2.66. The molecule has 20 heavy (non-hydrogen) atoms. The maximum absolute atomic E-state index is 12.4. The molecule has 1 aromatic carbocycles. The third kappa shape index (κ3) is 2.39. The predicted molar refractivity (Wildman–Crippen MR) is 75.6 cm³/mol. The average Bonchev–Trinajstić information content (AvgIpc) is 2.98. The SMILES string of the molecule is O=C(CCn1cccn1)N1CCCc2cccc(O)c21. The van der Waals surface area contributed by atoms with Crippen LogP contribution in [0.4, 0.5) is 5.69 Å². The highest BCUT2D eigenvalue weighted by Gasteiger charge is 2.24.